The highest BCUT2D eigenvalue weighted by atomic mass is 19.3. The number of halogens is 2. The van der Waals surface area contributed by atoms with Crippen LogP contribution in [0.2, 0.25) is 0 Å². The van der Waals surface area contributed by atoms with E-state index < -0.39 is 6.61 Å². The van der Waals surface area contributed by atoms with Crippen molar-refractivity contribution >= 4 is 0 Å². The van der Waals surface area contributed by atoms with E-state index in [0.29, 0.717) is 5.92 Å². The van der Waals surface area contributed by atoms with E-state index in [9.17, 15) is 8.78 Å². The first-order valence-corrected chi connectivity index (χ1v) is 6.84. The predicted molar refractivity (Wildman–Crippen MR) is 73.6 cm³/mol. The first kappa shape index (κ1) is 15.9. The summed E-state index contributed by atoms with van der Waals surface area (Å²) in [6.45, 7) is 4.67. The molecule has 0 aliphatic heterocycles. The van der Waals surface area contributed by atoms with E-state index in [0.717, 1.165) is 24.9 Å². The van der Waals surface area contributed by atoms with Gasteiger partial charge in [-0.05, 0) is 37.1 Å². The lowest BCUT2D eigenvalue weighted by Gasteiger charge is -2.19. The summed E-state index contributed by atoms with van der Waals surface area (Å²) in [4.78, 5) is 0. The molecule has 1 aromatic carbocycles. The molecule has 0 amide bonds. The van der Waals surface area contributed by atoms with Crippen LogP contribution in [0.4, 0.5) is 8.78 Å². The Morgan fingerprint density at radius 3 is 2.16 bits per heavy atom. The molecule has 0 aromatic heterocycles. The van der Waals surface area contributed by atoms with Crippen molar-refractivity contribution in [1.82, 2.24) is 5.32 Å². The van der Waals surface area contributed by atoms with Gasteiger partial charge in [-0.3, -0.25) is 0 Å². The molecule has 0 saturated carbocycles. The lowest BCUT2D eigenvalue weighted by Crippen LogP contribution is -2.25. The molecule has 0 aliphatic rings. The number of rotatable bonds is 8. The van der Waals surface area contributed by atoms with Crippen molar-refractivity contribution < 1.29 is 13.5 Å². The van der Waals surface area contributed by atoms with Crippen LogP contribution in [-0.4, -0.2) is 13.2 Å². The van der Waals surface area contributed by atoms with Crippen LogP contribution in [0.3, 0.4) is 0 Å². The molecule has 1 atom stereocenters. The summed E-state index contributed by atoms with van der Waals surface area (Å²) in [5.41, 5.74) is 1.08. The van der Waals surface area contributed by atoms with Gasteiger partial charge in [0.2, 0.25) is 0 Å². The summed E-state index contributed by atoms with van der Waals surface area (Å²) in [6.07, 6.45) is 2.33. The average molecular weight is 271 g/mol. The van der Waals surface area contributed by atoms with Crippen LogP contribution >= 0.6 is 0 Å². The molecule has 0 spiro atoms. The molecule has 0 heterocycles. The van der Waals surface area contributed by atoms with Crippen molar-refractivity contribution in [3.05, 3.63) is 29.8 Å². The van der Waals surface area contributed by atoms with Crippen LogP contribution in [-0.2, 0) is 0 Å². The maximum Gasteiger partial charge on any atom is 0.387 e. The van der Waals surface area contributed by atoms with Gasteiger partial charge >= 0.3 is 6.61 Å². The Kier molecular flexibility index (Phi) is 6.78. The molecular weight excluding hydrogens is 248 g/mol. The Morgan fingerprint density at radius 2 is 1.68 bits per heavy atom. The fraction of sp³-hybridized carbons (Fsp3) is 0.600. The first-order chi connectivity index (χ1) is 9.06. The van der Waals surface area contributed by atoms with E-state index in [-0.39, 0.29) is 11.8 Å². The molecule has 0 bridgehead atoms. The largest absolute Gasteiger partial charge is 0.435 e. The minimum Gasteiger partial charge on any atom is -0.435 e. The smallest absolute Gasteiger partial charge is 0.387 e. The van der Waals surface area contributed by atoms with Crippen LogP contribution in [0.5, 0.6) is 5.75 Å². The molecule has 0 saturated heterocycles. The van der Waals surface area contributed by atoms with Crippen LogP contribution < -0.4 is 10.1 Å². The Hall–Kier alpha value is -1.16. The maximum atomic E-state index is 12.0. The van der Waals surface area contributed by atoms with Gasteiger partial charge in [0, 0.05) is 6.04 Å². The van der Waals surface area contributed by atoms with Crippen molar-refractivity contribution in [2.75, 3.05) is 6.54 Å². The fourth-order valence-electron chi connectivity index (χ4n) is 1.98. The van der Waals surface area contributed by atoms with E-state index in [1.807, 2.05) is 12.1 Å². The molecule has 1 unspecified atom stereocenters. The van der Waals surface area contributed by atoms with Crippen LogP contribution in [0.15, 0.2) is 24.3 Å². The number of alkyl halides is 2. The van der Waals surface area contributed by atoms with Crippen molar-refractivity contribution in [2.24, 2.45) is 5.92 Å². The number of nitrogens with one attached hydrogen (secondary N) is 1. The van der Waals surface area contributed by atoms with Gasteiger partial charge in [0.1, 0.15) is 5.75 Å². The molecule has 0 aliphatic carbocycles. The van der Waals surface area contributed by atoms with Gasteiger partial charge in [0.15, 0.2) is 0 Å². The second-order valence-corrected chi connectivity index (χ2v) is 4.76. The predicted octanol–water partition coefficient (Wildman–Crippen LogP) is 4.37. The van der Waals surface area contributed by atoms with Gasteiger partial charge in [-0.2, -0.15) is 8.78 Å². The van der Waals surface area contributed by atoms with E-state index in [1.54, 1.807) is 12.1 Å². The average Bonchev–Trinajstić information content (AvgIpc) is 2.39. The molecule has 1 rings (SSSR count). The summed E-state index contributed by atoms with van der Waals surface area (Å²) in [7, 11) is 0. The zero-order valence-electron chi connectivity index (χ0n) is 11.8. The number of hydrogen-bond donors (Lipinski definition) is 1. The van der Waals surface area contributed by atoms with Crippen molar-refractivity contribution in [1.29, 1.82) is 0 Å². The van der Waals surface area contributed by atoms with E-state index >= 15 is 0 Å². The number of benzene rings is 1. The third-order valence-corrected chi connectivity index (χ3v) is 3.47. The third kappa shape index (κ3) is 5.55. The summed E-state index contributed by atoms with van der Waals surface area (Å²) < 4.78 is 28.4. The Balaban J connectivity index is 2.50. The first-order valence-electron chi connectivity index (χ1n) is 6.84. The molecule has 2 nitrogen and oxygen atoms in total. The topological polar surface area (TPSA) is 21.3 Å². The van der Waals surface area contributed by atoms with Gasteiger partial charge in [-0.25, -0.2) is 0 Å². The minimum absolute atomic E-state index is 0.200. The highest BCUT2D eigenvalue weighted by Gasteiger charge is 2.09. The van der Waals surface area contributed by atoms with Crippen LogP contribution in [0, 0.1) is 5.92 Å². The molecule has 108 valence electrons. The Morgan fingerprint density at radius 1 is 1.11 bits per heavy atom. The SMILES string of the molecule is CCC(CC)CNC(C)c1ccc(OC(F)F)cc1. The highest BCUT2D eigenvalue weighted by Crippen LogP contribution is 2.19. The number of hydrogen-bond acceptors (Lipinski definition) is 2. The highest BCUT2D eigenvalue weighted by molar-refractivity contribution is 5.28. The van der Waals surface area contributed by atoms with Gasteiger partial charge in [-0.1, -0.05) is 38.8 Å². The van der Waals surface area contributed by atoms with E-state index in [2.05, 4.69) is 30.8 Å². The van der Waals surface area contributed by atoms with Crippen molar-refractivity contribution in [2.45, 2.75) is 46.3 Å². The molecule has 4 heteroatoms. The molecular formula is C15H23F2NO. The lowest BCUT2D eigenvalue weighted by molar-refractivity contribution is -0.0498. The molecule has 0 radical (unpaired) electrons. The van der Waals surface area contributed by atoms with Gasteiger partial charge in [0.25, 0.3) is 0 Å². The Bertz CT molecular complexity index is 350. The fourth-order valence-corrected chi connectivity index (χ4v) is 1.98. The summed E-state index contributed by atoms with van der Waals surface area (Å²) in [5, 5.41) is 3.47. The molecule has 19 heavy (non-hydrogen) atoms. The number of ether oxygens (including phenoxy) is 1. The van der Waals surface area contributed by atoms with Crippen molar-refractivity contribution in [3.8, 4) is 5.75 Å². The summed E-state index contributed by atoms with van der Waals surface area (Å²) in [6, 6.07) is 7.01. The van der Waals surface area contributed by atoms with Crippen molar-refractivity contribution in [3.63, 3.8) is 0 Å². The van der Waals surface area contributed by atoms with E-state index in [1.165, 1.54) is 0 Å². The van der Waals surface area contributed by atoms with Gasteiger partial charge in [0.05, 0.1) is 0 Å². The monoisotopic (exact) mass is 271 g/mol. The van der Waals surface area contributed by atoms with E-state index in [4.69, 9.17) is 0 Å². The molecule has 1 aromatic rings. The normalized spacial score (nSPS) is 13.0. The van der Waals surface area contributed by atoms with Crippen LogP contribution in [0.25, 0.3) is 0 Å². The third-order valence-electron chi connectivity index (χ3n) is 3.47. The summed E-state index contributed by atoms with van der Waals surface area (Å²) >= 11 is 0. The lowest BCUT2D eigenvalue weighted by atomic mass is 10.0. The molecule has 1 N–H and O–H groups in total. The standard InChI is InChI=1S/C15H23F2NO/c1-4-12(5-2)10-18-11(3)13-6-8-14(9-7-13)19-15(16)17/h6-9,11-12,15,18H,4-5,10H2,1-3H3. The zero-order valence-corrected chi connectivity index (χ0v) is 11.8. The van der Waals surface area contributed by atoms with Gasteiger partial charge in [-0.15, -0.1) is 0 Å². The van der Waals surface area contributed by atoms with Crippen LogP contribution in [0.1, 0.15) is 45.2 Å². The molecule has 0 fully saturated rings. The summed E-state index contributed by atoms with van der Waals surface area (Å²) in [5.74, 6) is 0.884. The second-order valence-electron chi connectivity index (χ2n) is 4.76. The minimum atomic E-state index is -2.77. The zero-order chi connectivity index (χ0) is 14.3. The Labute approximate surface area is 114 Å². The van der Waals surface area contributed by atoms with Gasteiger partial charge < -0.3 is 10.1 Å². The maximum absolute atomic E-state index is 12.0. The quantitative estimate of drug-likeness (QED) is 0.758. The second kappa shape index (κ2) is 8.10.